The molecule has 0 unspecified atom stereocenters. The van der Waals surface area contributed by atoms with Gasteiger partial charge in [0.25, 0.3) is 0 Å². The number of thioether (sulfide) groups is 1. The Morgan fingerprint density at radius 2 is 2.04 bits per heavy atom. The van der Waals surface area contributed by atoms with Crippen LogP contribution in [0, 0.1) is 0 Å². The summed E-state index contributed by atoms with van der Waals surface area (Å²) in [5, 5.41) is 12.7. The first-order chi connectivity index (χ1) is 13.0. The van der Waals surface area contributed by atoms with Gasteiger partial charge in [-0.25, -0.2) is 4.79 Å². The van der Waals surface area contributed by atoms with E-state index in [-0.39, 0.29) is 30.5 Å². The molecule has 0 spiro atoms. The smallest absolute Gasteiger partial charge is 0.348 e. The molecule has 0 bridgehead atoms. The van der Waals surface area contributed by atoms with Gasteiger partial charge in [-0.05, 0) is 42.9 Å². The first-order valence-electron chi connectivity index (χ1n) is 9.25. The van der Waals surface area contributed by atoms with Gasteiger partial charge in [-0.2, -0.15) is 4.98 Å². The third kappa shape index (κ3) is 4.59. The Morgan fingerprint density at radius 3 is 2.70 bits per heavy atom. The molecular weight excluding hydrogens is 362 g/mol. The molecule has 0 aliphatic heterocycles. The van der Waals surface area contributed by atoms with E-state index in [2.05, 4.69) is 24.1 Å². The lowest BCUT2D eigenvalue weighted by Gasteiger charge is -2.13. The van der Waals surface area contributed by atoms with Crippen molar-refractivity contribution in [2.45, 2.75) is 50.6 Å². The first kappa shape index (κ1) is 19.6. The van der Waals surface area contributed by atoms with Crippen molar-refractivity contribution in [1.29, 1.82) is 0 Å². The lowest BCUT2D eigenvalue weighted by molar-refractivity contribution is -0.113. The van der Waals surface area contributed by atoms with Crippen LogP contribution in [0.4, 0.5) is 5.69 Å². The number of fused-ring (bicyclic) bond motifs is 1. The summed E-state index contributed by atoms with van der Waals surface area (Å²) < 4.78 is 1.56. The molecule has 2 aromatic rings. The van der Waals surface area contributed by atoms with Gasteiger partial charge < -0.3 is 10.4 Å². The fourth-order valence-corrected chi connectivity index (χ4v) is 4.20. The van der Waals surface area contributed by atoms with E-state index in [1.165, 1.54) is 17.3 Å². The Morgan fingerprint density at radius 1 is 1.30 bits per heavy atom. The number of carbonyl (C=O) groups is 1. The summed E-state index contributed by atoms with van der Waals surface area (Å²) in [6, 6.07) is 7.85. The van der Waals surface area contributed by atoms with E-state index in [1.807, 2.05) is 24.3 Å². The number of nitrogens with one attached hydrogen (secondary N) is 1. The summed E-state index contributed by atoms with van der Waals surface area (Å²) in [7, 11) is 0. The van der Waals surface area contributed by atoms with Crippen LogP contribution in [0.3, 0.4) is 0 Å². The molecule has 1 aliphatic carbocycles. The predicted octanol–water partition coefficient (Wildman–Crippen LogP) is 2.58. The molecule has 0 saturated heterocycles. The van der Waals surface area contributed by atoms with E-state index in [0.717, 1.165) is 36.2 Å². The Hall–Kier alpha value is -2.12. The number of hydrogen-bond donors (Lipinski definition) is 2. The zero-order valence-corrected chi connectivity index (χ0v) is 16.5. The minimum atomic E-state index is -0.350. The second-order valence-electron chi connectivity index (χ2n) is 6.97. The molecule has 3 rings (SSSR count). The number of carbonyl (C=O) groups excluding carboxylic acids is 1. The van der Waals surface area contributed by atoms with Crippen LogP contribution in [0.25, 0.3) is 0 Å². The summed E-state index contributed by atoms with van der Waals surface area (Å²) in [4.78, 5) is 28.7. The topological polar surface area (TPSA) is 84.2 Å². The van der Waals surface area contributed by atoms with Crippen LogP contribution in [0.1, 0.15) is 43.0 Å². The van der Waals surface area contributed by atoms with Crippen molar-refractivity contribution in [1.82, 2.24) is 9.55 Å². The van der Waals surface area contributed by atoms with Crippen LogP contribution in [-0.2, 0) is 24.2 Å². The number of anilines is 1. The molecule has 0 radical (unpaired) electrons. The quantitative estimate of drug-likeness (QED) is 0.563. The molecule has 27 heavy (non-hydrogen) atoms. The van der Waals surface area contributed by atoms with Crippen molar-refractivity contribution < 1.29 is 9.90 Å². The molecule has 2 N–H and O–H groups in total. The second kappa shape index (κ2) is 8.71. The molecule has 1 aromatic carbocycles. The SMILES string of the molecule is CC(C)c1ccc(NC(=O)CSc2nc(=O)n(CCO)c3c2CCC3)cc1. The number of nitrogens with zero attached hydrogens (tertiary/aromatic N) is 2. The van der Waals surface area contributed by atoms with E-state index in [1.54, 1.807) is 4.57 Å². The molecule has 0 fully saturated rings. The highest BCUT2D eigenvalue weighted by Gasteiger charge is 2.22. The fraction of sp³-hybridized carbons (Fsp3) is 0.450. The van der Waals surface area contributed by atoms with E-state index < -0.39 is 0 Å². The summed E-state index contributed by atoms with van der Waals surface area (Å²) in [5.41, 5.74) is 3.64. The van der Waals surface area contributed by atoms with Crippen molar-refractivity contribution in [3.05, 3.63) is 51.6 Å². The van der Waals surface area contributed by atoms with Gasteiger partial charge in [0.05, 0.1) is 18.9 Å². The molecular formula is C20H25N3O3S. The van der Waals surface area contributed by atoms with Crippen molar-refractivity contribution in [3.8, 4) is 0 Å². The van der Waals surface area contributed by atoms with E-state index >= 15 is 0 Å². The Kier molecular flexibility index (Phi) is 6.34. The molecule has 1 heterocycles. The third-order valence-corrected chi connectivity index (χ3v) is 5.74. The minimum Gasteiger partial charge on any atom is -0.395 e. The summed E-state index contributed by atoms with van der Waals surface area (Å²) in [6.07, 6.45) is 2.64. The first-order valence-corrected chi connectivity index (χ1v) is 10.2. The maximum absolute atomic E-state index is 12.3. The van der Waals surface area contributed by atoms with Gasteiger partial charge in [-0.1, -0.05) is 37.7 Å². The molecule has 1 aliphatic rings. The lowest BCUT2D eigenvalue weighted by Crippen LogP contribution is -2.28. The number of aliphatic hydroxyl groups is 1. The van der Waals surface area contributed by atoms with Crippen molar-refractivity contribution in [2.75, 3.05) is 17.7 Å². The highest BCUT2D eigenvalue weighted by Crippen LogP contribution is 2.29. The number of aromatic nitrogens is 2. The van der Waals surface area contributed by atoms with E-state index in [0.29, 0.717) is 10.9 Å². The zero-order valence-electron chi connectivity index (χ0n) is 15.7. The van der Waals surface area contributed by atoms with Gasteiger partial charge in [-0.3, -0.25) is 9.36 Å². The molecule has 6 nitrogen and oxygen atoms in total. The van der Waals surface area contributed by atoms with Crippen molar-refractivity contribution in [3.63, 3.8) is 0 Å². The van der Waals surface area contributed by atoms with Crippen LogP contribution in [-0.4, -0.2) is 32.9 Å². The molecule has 144 valence electrons. The van der Waals surface area contributed by atoms with Crippen LogP contribution in [0.2, 0.25) is 0 Å². The average Bonchev–Trinajstić information content (AvgIpc) is 3.13. The molecule has 0 saturated carbocycles. The standard InChI is InChI=1S/C20H25N3O3S/c1-13(2)14-6-8-15(9-7-14)21-18(25)12-27-19-16-4-3-5-17(16)23(10-11-24)20(26)22-19/h6-9,13,24H,3-5,10-12H2,1-2H3,(H,21,25). The van der Waals surface area contributed by atoms with Crippen LogP contribution in [0.15, 0.2) is 34.1 Å². The van der Waals surface area contributed by atoms with Gasteiger partial charge in [-0.15, -0.1) is 0 Å². The second-order valence-corrected chi connectivity index (χ2v) is 7.93. The van der Waals surface area contributed by atoms with E-state index in [4.69, 9.17) is 5.11 Å². The number of amides is 1. The minimum absolute atomic E-state index is 0.0848. The average molecular weight is 388 g/mol. The zero-order chi connectivity index (χ0) is 19.4. The van der Waals surface area contributed by atoms with Gasteiger partial charge in [0.2, 0.25) is 5.91 Å². The summed E-state index contributed by atoms with van der Waals surface area (Å²) in [6.45, 7) is 4.44. The Bertz CT molecular complexity index is 875. The van der Waals surface area contributed by atoms with Crippen LogP contribution >= 0.6 is 11.8 Å². The van der Waals surface area contributed by atoms with Crippen molar-refractivity contribution in [2.24, 2.45) is 0 Å². The fourth-order valence-electron chi connectivity index (χ4n) is 3.32. The monoisotopic (exact) mass is 387 g/mol. The molecule has 1 aromatic heterocycles. The Balaban J connectivity index is 1.66. The molecule has 0 atom stereocenters. The molecule has 7 heteroatoms. The lowest BCUT2D eigenvalue weighted by atomic mass is 10.0. The van der Waals surface area contributed by atoms with Crippen molar-refractivity contribution >= 4 is 23.4 Å². The van der Waals surface area contributed by atoms with Gasteiger partial charge in [0, 0.05) is 16.9 Å². The summed E-state index contributed by atoms with van der Waals surface area (Å²) >= 11 is 1.30. The Labute approximate surface area is 163 Å². The van der Waals surface area contributed by atoms with E-state index in [9.17, 15) is 9.59 Å². The van der Waals surface area contributed by atoms with Crippen LogP contribution in [0.5, 0.6) is 0 Å². The highest BCUT2D eigenvalue weighted by molar-refractivity contribution is 8.00. The normalized spacial score (nSPS) is 13.0. The maximum Gasteiger partial charge on any atom is 0.348 e. The predicted molar refractivity (Wildman–Crippen MR) is 107 cm³/mol. The maximum atomic E-state index is 12.3. The third-order valence-electron chi connectivity index (χ3n) is 4.73. The number of rotatable bonds is 7. The van der Waals surface area contributed by atoms with Gasteiger partial charge in [0.1, 0.15) is 5.03 Å². The number of benzene rings is 1. The number of hydrogen-bond acceptors (Lipinski definition) is 5. The highest BCUT2D eigenvalue weighted by atomic mass is 32.2. The summed E-state index contributed by atoms with van der Waals surface area (Å²) in [5.74, 6) is 0.534. The van der Waals surface area contributed by atoms with Gasteiger partial charge in [0.15, 0.2) is 0 Å². The largest absolute Gasteiger partial charge is 0.395 e. The van der Waals surface area contributed by atoms with Crippen LogP contribution < -0.4 is 11.0 Å². The van der Waals surface area contributed by atoms with Gasteiger partial charge >= 0.3 is 5.69 Å². The molecule has 1 amide bonds. The number of aliphatic hydroxyl groups excluding tert-OH is 1.